The van der Waals surface area contributed by atoms with Gasteiger partial charge in [0, 0.05) is 26.1 Å². The van der Waals surface area contributed by atoms with Gasteiger partial charge in [-0.15, -0.1) is 10.2 Å². The van der Waals surface area contributed by atoms with Crippen LogP contribution >= 0.6 is 11.3 Å². The first-order chi connectivity index (χ1) is 14.7. The second kappa shape index (κ2) is 7.95. The lowest BCUT2D eigenvalue weighted by Crippen LogP contribution is -2.36. The van der Waals surface area contributed by atoms with Crippen molar-refractivity contribution in [3.05, 3.63) is 54.0 Å². The minimum Gasteiger partial charge on any atom is -0.421 e. The lowest BCUT2D eigenvalue weighted by molar-refractivity contribution is -0.120. The maximum Gasteiger partial charge on any atom is 0.249 e. The summed E-state index contributed by atoms with van der Waals surface area (Å²) in [4.78, 5) is 24.3. The van der Waals surface area contributed by atoms with Crippen molar-refractivity contribution in [2.24, 2.45) is 0 Å². The van der Waals surface area contributed by atoms with Crippen LogP contribution in [0.1, 0.15) is 30.7 Å². The zero-order valence-corrected chi connectivity index (χ0v) is 17.4. The average molecular weight is 420 g/mol. The van der Waals surface area contributed by atoms with Gasteiger partial charge in [0.2, 0.25) is 11.8 Å². The molecule has 4 heterocycles. The molecule has 30 heavy (non-hydrogen) atoms. The first kappa shape index (κ1) is 18.9. The number of Topliss-reactive ketones (excluding diaryl/α,β-unsaturated/α-hetero) is 1. The fraction of sp³-hybridized carbons (Fsp3) is 0.318. The van der Waals surface area contributed by atoms with Crippen LogP contribution in [0.4, 0.5) is 5.13 Å². The topological polar surface area (TPSA) is 85.0 Å². The number of thiazole rings is 1. The van der Waals surface area contributed by atoms with E-state index in [4.69, 9.17) is 9.40 Å². The van der Waals surface area contributed by atoms with Gasteiger partial charge >= 0.3 is 0 Å². The molecule has 0 spiro atoms. The molecule has 0 N–H and O–H groups in total. The number of nitrogens with zero attached hydrogens (tertiary/aromatic N) is 5. The van der Waals surface area contributed by atoms with Gasteiger partial charge in [0.1, 0.15) is 0 Å². The third-order valence-electron chi connectivity index (χ3n) is 5.38. The van der Waals surface area contributed by atoms with Crippen LogP contribution in [0, 0.1) is 6.92 Å². The van der Waals surface area contributed by atoms with Crippen molar-refractivity contribution in [2.75, 3.05) is 11.4 Å². The third-order valence-corrected chi connectivity index (χ3v) is 6.41. The highest BCUT2D eigenvalue weighted by atomic mass is 32.1. The highest BCUT2D eigenvalue weighted by Gasteiger charge is 2.32. The van der Waals surface area contributed by atoms with Crippen LogP contribution in [-0.2, 0) is 11.2 Å². The molecule has 0 radical (unpaired) electrons. The number of rotatable bonds is 6. The van der Waals surface area contributed by atoms with Gasteiger partial charge in [-0.25, -0.2) is 4.98 Å². The molecule has 1 fully saturated rings. The average Bonchev–Trinajstić information content (AvgIpc) is 3.50. The number of pyridine rings is 1. The molecule has 3 aromatic heterocycles. The number of hydrogen-bond acceptors (Lipinski definition) is 8. The summed E-state index contributed by atoms with van der Waals surface area (Å²) >= 11 is 1.56. The van der Waals surface area contributed by atoms with Crippen LogP contribution in [0.3, 0.4) is 0 Å². The fourth-order valence-corrected chi connectivity index (χ4v) is 4.91. The summed E-state index contributed by atoms with van der Waals surface area (Å²) < 4.78 is 6.45. The summed E-state index contributed by atoms with van der Waals surface area (Å²) in [6, 6.07) is 12.0. The molecule has 5 rings (SSSR count). The van der Waals surface area contributed by atoms with E-state index in [-0.39, 0.29) is 11.8 Å². The largest absolute Gasteiger partial charge is 0.421 e. The number of aromatic nitrogens is 4. The van der Waals surface area contributed by atoms with E-state index >= 15 is 0 Å². The molecule has 1 aliphatic rings. The molecule has 152 valence electrons. The first-order valence-corrected chi connectivity index (χ1v) is 10.9. The van der Waals surface area contributed by atoms with Gasteiger partial charge in [0.05, 0.1) is 16.3 Å². The van der Waals surface area contributed by atoms with E-state index in [1.54, 1.807) is 24.5 Å². The van der Waals surface area contributed by atoms with Gasteiger partial charge in [-0.3, -0.25) is 4.79 Å². The number of carbonyl (C=O) groups excluding carboxylic acids is 1. The Kier molecular flexibility index (Phi) is 5.00. The predicted molar refractivity (Wildman–Crippen MR) is 116 cm³/mol. The van der Waals surface area contributed by atoms with Crippen LogP contribution in [-0.4, -0.2) is 38.5 Å². The van der Waals surface area contributed by atoms with E-state index in [1.807, 2.05) is 24.3 Å². The Balaban J connectivity index is 1.35. The van der Waals surface area contributed by atoms with E-state index in [9.17, 15) is 4.79 Å². The minimum atomic E-state index is -0.104. The van der Waals surface area contributed by atoms with Crippen LogP contribution in [0.2, 0.25) is 0 Å². The molecule has 1 saturated heterocycles. The van der Waals surface area contributed by atoms with Crippen molar-refractivity contribution in [3.8, 4) is 11.5 Å². The van der Waals surface area contributed by atoms with Crippen molar-refractivity contribution < 1.29 is 9.21 Å². The standard InChI is InChI=1S/C22H21N5O2S/c1-14-25-26-21(29-14)16-12-19-20(23-13-16)24-22(30-19)27-11-5-8-17(27)18(28)10-9-15-6-3-2-4-7-15/h2-4,6-7,12-13,17H,5,8-11H2,1H3/t17-/m1/s1. The van der Waals surface area contributed by atoms with E-state index in [0.717, 1.165) is 41.2 Å². The molecule has 0 bridgehead atoms. The molecule has 0 aliphatic carbocycles. The summed E-state index contributed by atoms with van der Waals surface area (Å²) in [6.07, 6.45) is 4.90. The molecular weight excluding hydrogens is 398 g/mol. The molecule has 1 aromatic carbocycles. The van der Waals surface area contributed by atoms with Crippen LogP contribution < -0.4 is 4.90 Å². The second-order valence-corrected chi connectivity index (χ2v) is 8.48. The van der Waals surface area contributed by atoms with Gasteiger partial charge in [0.25, 0.3) is 0 Å². The number of carbonyl (C=O) groups is 1. The molecule has 0 saturated carbocycles. The number of anilines is 1. The monoisotopic (exact) mass is 419 g/mol. The predicted octanol–water partition coefficient (Wildman–Crippen LogP) is 4.22. The lowest BCUT2D eigenvalue weighted by atomic mass is 10.0. The fourth-order valence-electron chi connectivity index (χ4n) is 3.87. The Morgan fingerprint density at radius 3 is 2.93 bits per heavy atom. The van der Waals surface area contributed by atoms with Crippen molar-refractivity contribution in [2.45, 2.75) is 38.6 Å². The summed E-state index contributed by atoms with van der Waals surface area (Å²) in [5.41, 5.74) is 2.65. The first-order valence-electron chi connectivity index (χ1n) is 10.1. The number of aryl methyl sites for hydroxylation is 2. The van der Waals surface area contributed by atoms with Crippen LogP contribution in [0.25, 0.3) is 21.8 Å². The van der Waals surface area contributed by atoms with E-state index in [1.165, 1.54) is 5.56 Å². The van der Waals surface area contributed by atoms with Gasteiger partial charge < -0.3 is 9.32 Å². The maximum absolute atomic E-state index is 13.0. The maximum atomic E-state index is 13.0. The Morgan fingerprint density at radius 1 is 1.27 bits per heavy atom. The van der Waals surface area contributed by atoms with Gasteiger partial charge in [0.15, 0.2) is 16.6 Å². The molecule has 7 nitrogen and oxygen atoms in total. The van der Waals surface area contributed by atoms with Crippen molar-refractivity contribution in [3.63, 3.8) is 0 Å². The highest BCUT2D eigenvalue weighted by Crippen LogP contribution is 2.34. The van der Waals surface area contributed by atoms with E-state index in [2.05, 4.69) is 32.2 Å². The van der Waals surface area contributed by atoms with Crippen molar-refractivity contribution >= 4 is 32.6 Å². The zero-order valence-electron chi connectivity index (χ0n) is 16.6. The number of hydrogen-bond donors (Lipinski definition) is 0. The van der Waals surface area contributed by atoms with Gasteiger partial charge in [-0.1, -0.05) is 41.7 Å². The third kappa shape index (κ3) is 3.70. The van der Waals surface area contributed by atoms with E-state index < -0.39 is 0 Å². The summed E-state index contributed by atoms with van der Waals surface area (Å²) in [5, 5.41) is 8.79. The summed E-state index contributed by atoms with van der Waals surface area (Å²) in [7, 11) is 0. The SMILES string of the molecule is Cc1nnc(-c2cnc3nc(N4CCC[C@@H]4C(=O)CCc4ccccc4)sc3c2)o1. The minimum absolute atomic E-state index is 0.104. The molecule has 4 aromatic rings. The molecule has 0 unspecified atom stereocenters. The molecule has 1 atom stereocenters. The number of fused-ring (bicyclic) bond motifs is 1. The number of benzene rings is 1. The van der Waals surface area contributed by atoms with Crippen molar-refractivity contribution in [1.82, 2.24) is 20.2 Å². The number of ketones is 1. The highest BCUT2D eigenvalue weighted by molar-refractivity contribution is 7.22. The molecular formula is C22H21N5O2S. The van der Waals surface area contributed by atoms with Crippen LogP contribution in [0.15, 0.2) is 47.0 Å². The Bertz CT molecular complexity index is 1190. The summed E-state index contributed by atoms with van der Waals surface area (Å²) in [6.45, 7) is 2.60. The smallest absolute Gasteiger partial charge is 0.249 e. The molecule has 0 amide bonds. The lowest BCUT2D eigenvalue weighted by Gasteiger charge is -2.22. The van der Waals surface area contributed by atoms with Gasteiger partial charge in [-0.2, -0.15) is 4.98 Å². The Labute approximate surface area is 177 Å². The van der Waals surface area contributed by atoms with E-state index in [0.29, 0.717) is 23.8 Å². The van der Waals surface area contributed by atoms with Crippen molar-refractivity contribution in [1.29, 1.82) is 0 Å². The zero-order chi connectivity index (χ0) is 20.5. The normalized spacial score (nSPS) is 16.4. The Hall–Kier alpha value is -3.13. The quantitative estimate of drug-likeness (QED) is 0.462. The molecule has 1 aliphatic heterocycles. The van der Waals surface area contributed by atoms with Gasteiger partial charge in [-0.05, 0) is 30.9 Å². The Morgan fingerprint density at radius 2 is 2.13 bits per heavy atom. The molecule has 8 heteroatoms. The summed E-state index contributed by atoms with van der Waals surface area (Å²) in [5.74, 6) is 1.25. The second-order valence-electron chi connectivity index (χ2n) is 7.47. The van der Waals surface area contributed by atoms with Crippen LogP contribution in [0.5, 0.6) is 0 Å².